The number of carbonyl (C=O) groups excluding carboxylic acids is 1. The van der Waals surface area contributed by atoms with Gasteiger partial charge in [-0.15, -0.1) is 5.10 Å². The summed E-state index contributed by atoms with van der Waals surface area (Å²) in [6, 6.07) is 8.59. The molecule has 1 amide bonds. The number of benzene rings is 1. The fourth-order valence-electron chi connectivity index (χ4n) is 2.30. The van der Waals surface area contributed by atoms with Crippen LogP contribution in [0.15, 0.2) is 36.5 Å². The zero-order valence-corrected chi connectivity index (χ0v) is 14.1. The highest BCUT2D eigenvalue weighted by Crippen LogP contribution is 2.29. The quantitative estimate of drug-likeness (QED) is 0.740. The van der Waals surface area contributed by atoms with Gasteiger partial charge in [0.2, 0.25) is 5.88 Å². The molecule has 0 aliphatic heterocycles. The molecular formula is C17H18N4O4. The molecule has 1 aromatic carbocycles. The van der Waals surface area contributed by atoms with E-state index in [0.717, 1.165) is 0 Å². The number of fused-ring (bicyclic) bond motifs is 1. The first-order chi connectivity index (χ1) is 12.1. The van der Waals surface area contributed by atoms with Crippen LogP contribution in [0.1, 0.15) is 17.4 Å². The number of anilines is 1. The van der Waals surface area contributed by atoms with Gasteiger partial charge in [-0.2, -0.15) is 0 Å². The number of methoxy groups -OCH3 is 2. The van der Waals surface area contributed by atoms with Crippen LogP contribution in [0, 0.1) is 0 Å². The summed E-state index contributed by atoms with van der Waals surface area (Å²) in [5.74, 6) is 1.22. The van der Waals surface area contributed by atoms with Gasteiger partial charge in [0.25, 0.3) is 5.91 Å². The van der Waals surface area contributed by atoms with Gasteiger partial charge in [-0.1, -0.05) is 0 Å². The van der Waals surface area contributed by atoms with E-state index in [1.807, 2.05) is 6.92 Å². The third-order valence-electron chi connectivity index (χ3n) is 3.48. The first-order valence-electron chi connectivity index (χ1n) is 7.67. The summed E-state index contributed by atoms with van der Waals surface area (Å²) in [5.41, 5.74) is 1.27. The minimum absolute atomic E-state index is 0.228. The Morgan fingerprint density at radius 3 is 2.76 bits per heavy atom. The van der Waals surface area contributed by atoms with E-state index in [1.54, 1.807) is 43.6 Å². The van der Waals surface area contributed by atoms with Crippen LogP contribution in [0.2, 0.25) is 0 Å². The molecule has 0 radical (unpaired) electrons. The van der Waals surface area contributed by atoms with Crippen LogP contribution in [0.5, 0.6) is 17.4 Å². The second-order valence-corrected chi connectivity index (χ2v) is 5.05. The molecule has 0 spiro atoms. The Kier molecular flexibility index (Phi) is 4.69. The number of nitrogens with zero attached hydrogens (tertiary/aromatic N) is 3. The standard InChI is InChI=1S/C17H18N4O4/c1-4-25-16-8-7-15-18-13(10-21(15)20-16)17(22)19-12-9-11(23-2)5-6-14(12)24-3/h5-10H,4H2,1-3H3,(H,19,22). The predicted octanol–water partition coefficient (Wildman–Crippen LogP) is 2.40. The van der Waals surface area contributed by atoms with Gasteiger partial charge in [-0.3, -0.25) is 4.79 Å². The van der Waals surface area contributed by atoms with Crippen molar-refractivity contribution in [2.75, 3.05) is 26.1 Å². The molecule has 8 heteroatoms. The van der Waals surface area contributed by atoms with Gasteiger partial charge in [0.05, 0.1) is 32.7 Å². The number of rotatable bonds is 6. The molecule has 0 fully saturated rings. The third kappa shape index (κ3) is 3.47. The minimum atomic E-state index is -0.380. The third-order valence-corrected chi connectivity index (χ3v) is 3.48. The maximum Gasteiger partial charge on any atom is 0.276 e. The van der Waals surface area contributed by atoms with Crippen molar-refractivity contribution >= 4 is 17.2 Å². The molecule has 1 N–H and O–H groups in total. The van der Waals surface area contributed by atoms with Crippen LogP contribution in [0.4, 0.5) is 5.69 Å². The molecule has 130 valence electrons. The van der Waals surface area contributed by atoms with Gasteiger partial charge >= 0.3 is 0 Å². The number of amides is 1. The smallest absolute Gasteiger partial charge is 0.276 e. The molecule has 0 saturated carbocycles. The second kappa shape index (κ2) is 7.08. The van der Waals surface area contributed by atoms with E-state index < -0.39 is 0 Å². The zero-order chi connectivity index (χ0) is 17.8. The van der Waals surface area contributed by atoms with Crippen molar-refractivity contribution in [1.82, 2.24) is 14.6 Å². The number of aromatic nitrogens is 3. The molecular weight excluding hydrogens is 324 g/mol. The van der Waals surface area contributed by atoms with Crippen LogP contribution in [-0.2, 0) is 0 Å². The molecule has 2 aromatic heterocycles. The highest BCUT2D eigenvalue weighted by atomic mass is 16.5. The van der Waals surface area contributed by atoms with Crippen LogP contribution < -0.4 is 19.5 Å². The molecule has 3 rings (SSSR count). The minimum Gasteiger partial charge on any atom is -0.497 e. The fourth-order valence-corrected chi connectivity index (χ4v) is 2.30. The zero-order valence-electron chi connectivity index (χ0n) is 14.1. The van der Waals surface area contributed by atoms with Gasteiger partial charge in [0.1, 0.15) is 17.2 Å². The van der Waals surface area contributed by atoms with E-state index in [2.05, 4.69) is 15.4 Å². The number of carbonyl (C=O) groups is 1. The molecule has 2 heterocycles. The number of nitrogens with one attached hydrogen (secondary N) is 1. The average Bonchev–Trinajstić information content (AvgIpc) is 3.05. The van der Waals surface area contributed by atoms with Crippen molar-refractivity contribution in [3.63, 3.8) is 0 Å². The number of imidazole rings is 1. The normalized spacial score (nSPS) is 10.5. The van der Waals surface area contributed by atoms with E-state index in [9.17, 15) is 4.79 Å². The van der Waals surface area contributed by atoms with E-state index in [0.29, 0.717) is 35.3 Å². The predicted molar refractivity (Wildman–Crippen MR) is 91.7 cm³/mol. The Hall–Kier alpha value is -3.29. The molecule has 0 aliphatic carbocycles. The summed E-state index contributed by atoms with van der Waals surface area (Å²) in [7, 11) is 3.08. The van der Waals surface area contributed by atoms with Crippen LogP contribution in [-0.4, -0.2) is 41.3 Å². The van der Waals surface area contributed by atoms with Crippen molar-refractivity contribution < 1.29 is 19.0 Å². The van der Waals surface area contributed by atoms with Crippen molar-refractivity contribution in [3.05, 3.63) is 42.2 Å². The molecule has 0 unspecified atom stereocenters. The van der Waals surface area contributed by atoms with Crippen molar-refractivity contribution in [2.45, 2.75) is 6.92 Å². The van der Waals surface area contributed by atoms with Crippen LogP contribution >= 0.6 is 0 Å². The van der Waals surface area contributed by atoms with Gasteiger partial charge in [-0.25, -0.2) is 9.50 Å². The van der Waals surface area contributed by atoms with Gasteiger partial charge in [-0.05, 0) is 25.1 Å². The molecule has 0 aliphatic rings. The van der Waals surface area contributed by atoms with E-state index in [-0.39, 0.29) is 11.6 Å². The monoisotopic (exact) mass is 342 g/mol. The Morgan fingerprint density at radius 1 is 1.20 bits per heavy atom. The van der Waals surface area contributed by atoms with Gasteiger partial charge in [0.15, 0.2) is 5.65 Å². The Morgan fingerprint density at radius 2 is 2.04 bits per heavy atom. The lowest BCUT2D eigenvalue weighted by atomic mass is 10.2. The maximum atomic E-state index is 12.5. The topological polar surface area (TPSA) is 87.0 Å². The van der Waals surface area contributed by atoms with E-state index in [1.165, 1.54) is 11.6 Å². The summed E-state index contributed by atoms with van der Waals surface area (Å²) < 4.78 is 17.3. The summed E-state index contributed by atoms with van der Waals surface area (Å²) >= 11 is 0. The van der Waals surface area contributed by atoms with Gasteiger partial charge < -0.3 is 19.5 Å². The largest absolute Gasteiger partial charge is 0.497 e. The molecule has 0 saturated heterocycles. The molecule has 8 nitrogen and oxygen atoms in total. The lowest BCUT2D eigenvalue weighted by Gasteiger charge is -2.10. The molecule has 0 bridgehead atoms. The van der Waals surface area contributed by atoms with Crippen molar-refractivity contribution in [1.29, 1.82) is 0 Å². The van der Waals surface area contributed by atoms with Gasteiger partial charge in [0, 0.05) is 12.1 Å². The summed E-state index contributed by atoms with van der Waals surface area (Å²) in [4.78, 5) is 16.8. The molecule has 25 heavy (non-hydrogen) atoms. The highest BCUT2D eigenvalue weighted by molar-refractivity contribution is 6.04. The first-order valence-corrected chi connectivity index (χ1v) is 7.67. The Balaban J connectivity index is 1.87. The SMILES string of the molecule is CCOc1ccc2nc(C(=O)Nc3cc(OC)ccc3OC)cn2n1. The van der Waals surface area contributed by atoms with Crippen LogP contribution in [0.25, 0.3) is 5.65 Å². The summed E-state index contributed by atoms with van der Waals surface area (Å²) in [5, 5.41) is 7.02. The van der Waals surface area contributed by atoms with Crippen LogP contribution in [0.3, 0.4) is 0 Å². The maximum absolute atomic E-state index is 12.5. The first kappa shape index (κ1) is 16.6. The lowest BCUT2D eigenvalue weighted by molar-refractivity contribution is 0.102. The Bertz CT molecular complexity index is 907. The molecule has 0 atom stereocenters. The second-order valence-electron chi connectivity index (χ2n) is 5.05. The number of hydrogen-bond donors (Lipinski definition) is 1. The van der Waals surface area contributed by atoms with Crippen molar-refractivity contribution in [2.24, 2.45) is 0 Å². The lowest BCUT2D eigenvalue weighted by Crippen LogP contribution is -2.13. The average molecular weight is 342 g/mol. The highest BCUT2D eigenvalue weighted by Gasteiger charge is 2.15. The number of ether oxygens (including phenoxy) is 3. The Labute approximate surface area is 144 Å². The van der Waals surface area contributed by atoms with E-state index in [4.69, 9.17) is 14.2 Å². The van der Waals surface area contributed by atoms with Crippen molar-refractivity contribution in [3.8, 4) is 17.4 Å². The molecule has 3 aromatic rings. The summed E-state index contributed by atoms with van der Waals surface area (Å²) in [6.07, 6.45) is 1.54. The number of hydrogen-bond acceptors (Lipinski definition) is 6. The fraction of sp³-hybridized carbons (Fsp3) is 0.235. The summed E-state index contributed by atoms with van der Waals surface area (Å²) in [6.45, 7) is 2.39. The van der Waals surface area contributed by atoms with E-state index >= 15 is 0 Å².